The Labute approximate surface area is 94.8 Å². The number of carbonyl (C=O) groups excluding carboxylic acids is 2. The van der Waals surface area contributed by atoms with Crippen LogP contribution in [-0.4, -0.2) is 11.6 Å². The number of hydrogen-bond acceptors (Lipinski definition) is 2. The molecule has 0 aromatic carbocycles. The molecule has 0 aliphatic heterocycles. The fraction of sp³-hybridized carbons (Fsp3) is 0. The lowest BCUT2D eigenvalue weighted by Crippen LogP contribution is -2.14. The molecule has 0 radical (unpaired) electrons. The molecular weight excluding hydrogens is 335 g/mol. The average molecular weight is 335 g/mol. The summed E-state index contributed by atoms with van der Waals surface area (Å²) in [6.45, 7) is 0. The van der Waals surface area contributed by atoms with Crippen molar-refractivity contribution in [1.29, 1.82) is 0 Å². The number of Topliss-reactive ketones (excluding diaryl/α,β-unsaturated/α-hetero) is 2. The highest BCUT2D eigenvalue weighted by molar-refractivity contribution is 9.12. The van der Waals surface area contributed by atoms with Crippen LogP contribution in [0.3, 0.4) is 0 Å². The van der Waals surface area contributed by atoms with Gasteiger partial charge in [0, 0.05) is 0 Å². The van der Waals surface area contributed by atoms with Gasteiger partial charge in [-0.15, -0.1) is 0 Å². The second-order valence-corrected chi connectivity index (χ2v) is 4.26. The van der Waals surface area contributed by atoms with Crippen LogP contribution in [0.2, 0.25) is 0 Å². The summed E-state index contributed by atoms with van der Waals surface area (Å²) in [5.74, 6) is -0.985. The normalized spacial score (nSPS) is 19.3. The molecule has 0 spiro atoms. The van der Waals surface area contributed by atoms with Gasteiger partial charge in [-0.05, 0) is 31.9 Å². The average Bonchev–Trinajstić information content (AvgIpc) is 2.08. The van der Waals surface area contributed by atoms with Crippen LogP contribution < -0.4 is 0 Å². The molecule has 0 saturated carbocycles. The first kappa shape index (κ1) is 10.4. The van der Waals surface area contributed by atoms with Gasteiger partial charge in [0.1, 0.15) is 10.1 Å². The van der Waals surface area contributed by atoms with Crippen molar-refractivity contribution in [3.05, 3.63) is 19.0 Å². The molecule has 2 nitrogen and oxygen atoms in total. The second kappa shape index (κ2) is 3.62. The van der Waals surface area contributed by atoms with Gasteiger partial charge in [0.15, 0.2) is 0 Å². The van der Waals surface area contributed by atoms with Crippen molar-refractivity contribution >= 4 is 66.6 Å². The van der Waals surface area contributed by atoms with Crippen molar-refractivity contribution in [2.75, 3.05) is 0 Å². The van der Waals surface area contributed by atoms with Gasteiger partial charge in [0.25, 0.3) is 0 Å². The van der Waals surface area contributed by atoms with Gasteiger partial charge in [0.05, 0.1) is 8.96 Å². The molecule has 1 aliphatic carbocycles. The van der Waals surface area contributed by atoms with E-state index in [1.165, 1.54) is 0 Å². The summed E-state index contributed by atoms with van der Waals surface area (Å²) >= 11 is 16.8. The first-order chi connectivity index (χ1) is 5.46. The number of halogens is 4. The summed E-state index contributed by atoms with van der Waals surface area (Å²) in [5.41, 5.74) is 0. The molecule has 0 aromatic heterocycles. The summed E-state index contributed by atoms with van der Waals surface area (Å²) in [5, 5.41) is -0.312. The molecule has 0 aromatic rings. The maximum Gasteiger partial charge on any atom is 0.214 e. The molecule has 0 heterocycles. The monoisotopic (exact) mass is 332 g/mol. The Morgan fingerprint density at radius 1 is 0.833 bits per heavy atom. The summed E-state index contributed by atoms with van der Waals surface area (Å²) in [7, 11) is 0. The Bertz CT molecular complexity index is 281. The van der Waals surface area contributed by atoms with Crippen molar-refractivity contribution in [3.63, 3.8) is 0 Å². The van der Waals surface area contributed by atoms with Crippen molar-refractivity contribution in [2.24, 2.45) is 0 Å². The van der Waals surface area contributed by atoms with Crippen LogP contribution >= 0.6 is 55.1 Å². The summed E-state index contributed by atoms with van der Waals surface area (Å²) in [6, 6.07) is 0. The molecule has 0 amide bonds. The first-order valence-electron chi connectivity index (χ1n) is 2.66. The summed E-state index contributed by atoms with van der Waals surface area (Å²) < 4.78 is 0.00438. The van der Waals surface area contributed by atoms with Gasteiger partial charge in [0.2, 0.25) is 11.6 Å². The zero-order valence-corrected chi connectivity index (χ0v) is 10.0. The van der Waals surface area contributed by atoms with E-state index >= 15 is 0 Å². The molecular formula is C6Br2Cl2O2. The van der Waals surface area contributed by atoms with E-state index in [0.717, 1.165) is 0 Å². The number of rotatable bonds is 0. The van der Waals surface area contributed by atoms with E-state index in [4.69, 9.17) is 23.2 Å². The van der Waals surface area contributed by atoms with Gasteiger partial charge >= 0.3 is 0 Å². The van der Waals surface area contributed by atoms with Crippen LogP contribution in [0.4, 0.5) is 0 Å². The lowest BCUT2D eigenvalue weighted by atomic mass is 10.2. The minimum Gasteiger partial charge on any atom is -0.287 e. The van der Waals surface area contributed by atoms with E-state index in [1.807, 2.05) is 0 Å². The van der Waals surface area contributed by atoms with Crippen LogP contribution in [0, 0.1) is 0 Å². The fourth-order valence-corrected chi connectivity index (χ4v) is 1.94. The van der Waals surface area contributed by atoms with Crippen molar-refractivity contribution in [2.45, 2.75) is 0 Å². The third-order valence-corrected chi connectivity index (χ3v) is 3.87. The molecule has 0 saturated heterocycles. The number of hydrogen-bond donors (Lipinski definition) is 0. The lowest BCUT2D eigenvalue weighted by Gasteiger charge is -2.09. The van der Waals surface area contributed by atoms with Crippen molar-refractivity contribution in [3.8, 4) is 0 Å². The molecule has 0 bridgehead atoms. The number of allylic oxidation sites excluding steroid dienone is 4. The number of carbonyl (C=O) groups is 2. The maximum atomic E-state index is 11.1. The zero-order valence-electron chi connectivity index (χ0n) is 5.33. The number of ketones is 2. The Morgan fingerprint density at radius 2 is 1.08 bits per heavy atom. The first-order valence-corrected chi connectivity index (χ1v) is 5.01. The maximum absolute atomic E-state index is 11.1. The topological polar surface area (TPSA) is 34.1 Å². The smallest absolute Gasteiger partial charge is 0.214 e. The van der Waals surface area contributed by atoms with Gasteiger partial charge in [-0.25, -0.2) is 0 Å². The third-order valence-electron chi connectivity index (χ3n) is 1.18. The Kier molecular flexibility index (Phi) is 3.15. The lowest BCUT2D eigenvalue weighted by molar-refractivity contribution is -0.114. The quantitative estimate of drug-likeness (QED) is 0.638. The minimum atomic E-state index is -0.492. The molecule has 64 valence electrons. The molecule has 12 heavy (non-hydrogen) atoms. The Morgan fingerprint density at radius 3 is 1.33 bits per heavy atom. The van der Waals surface area contributed by atoms with E-state index < -0.39 is 11.6 Å². The van der Waals surface area contributed by atoms with E-state index in [0.29, 0.717) is 0 Å². The highest BCUT2D eigenvalue weighted by Gasteiger charge is 2.30. The van der Waals surface area contributed by atoms with Gasteiger partial charge in [-0.3, -0.25) is 9.59 Å². The van der Waals surface area contributed by atoms with E-state index in [-0.39, 0.29) is 19.0 Å². The highest BCUT2D eigenvalue weighted by atomic mass is 79.9. The molecule has 1 rings (SSSR count). The predicted molar refractivity (Wildman–Crippen MR) is 53.6 cm³/mol. The van der Waals surface area contributed by atoms with E-state index in [2.05, 4.69) is 31.9 Å². The molecule has 0 unspecified atom stereocenters. The molecule has 1 aliphatic rings. The Balaban J connectivity index is 3.32. The SMILES string of the molecule is O=C1C(Cl)=C(Br)C(=O)C(Cl)=C1Br. The molecule has 0 fully saturated rings. The van der Waals surface area contributed by atoms with Crippen LogP contribution in [0.25, 0.3) is 0 Å². The second-order valence-electron chi connectivity index (χ2n) is 1.91. The summed E-state index contributed by atoms with van der Waals surface area (Å²) in [4.78, 5) is 22.3. The van der Waals surface area contributed by atoms with Crippen molar-refractivity contribution in [1.82, 2.24) is 0 Å². The third kappa shape index (κ3) is 1.53. The van der Waals surface area contributed by atoms with Crippen LogP contribution in [0.15, 0.2) is 19.0 Å². The molecule has 6 heteroatoms. The van der Waals surface area contributed by atoms with E-state index in [9.17, 15) is 9.59 Å². The summed E-state index contributed by atoms with van der Waals surface area (Å²) in [6.07, 6.45) is 0. The van der Waals surface area contributed by atoms with Crippen LogP contribution in [0.5, 0.6) is 0 Å². The zero-order chi connectivity index (χ0) is 9.46. The van der Waals surface area contributed by atoms with Crippen LogP contribution in [0.1, 0.15) is 0 Å². The van der Waals surface area contributed by atoms with Gasteiger partial charge in [-0.1, -0.05) is 23.2 Å². The largest absolute Gasteiger partial charge is 0.287 e. The van der Waals surface area contributed by atoms with Gasteiger partial charge < -0.3 is 0 Å². The Hall–Kier alpha value is 0.360. The molecule has 0 atom stereocenters. The van der Waals surface area contributed by atoms with E-state index in [1.54, 1.807) is 0 Å². The fourth-order valence-electron chi connectivity index (χ4n) is 0.591. The predicted octanol–water partition coefficient (Wildman–Crippen LogP) is 2.83. The molecule has 0 N–H and O–H groups in total. The standard InChI is InChI=1S/C6Br2Cl2O2/c7-1-3(9)6(12)2(8)4(10)5(1)11. The highest BCUT2D eigenvalue weighted by Crippen LogP contribution is 2.34. The van der Waals surface area contributed by atoms with Crippen molar-refractivity contribution < 1.29 is 9.59 Å². The van der Waals surface area contributed by atoms with Gasteiger partial charge in [-0.2, -0.15) is 0 Å². The van der Waals surface area contributed by atoms with Crippen LogP contribution in [-0.2, 0) is 9.59 Å². The minimum absolute atomic E-state index is 0.00219.